The number of nitrogens with zero attached hydrogens (tertiary/aromatic N) is 6. The van der Waals surface area contributed by atoms with Gasteiger partial charge in [0.05, 0.1) is 17.4 Å². The van der Waals surface area contributed by atoms with Gasteiger partial charge in [-0.3, -0.25) is 4.98 Å². The monoisotopic (exact) mass is 355 g/mol. The predicted molar refractivity (Wildman–Crippen MR) is 103 cm³/mol. The number of hydrogen-bond acceptors (Lipinski definition) is 4. The van der Waals surface area contributed by atoms with Crippen LogP contribution < -0.4 is 0 Å². The predicted octanol–water partition coefficient (Wildman–Crippen LogP) is 3.52. The van der Waals surface area contributed by atoms with E-state index in [9.17, 15) is 0 Å². The van der Waals surface area contributed by atoms with E-state index in [-0.39, 0.29) is 0 Å². The number of aromatic amines is 1. The molecule has 0 atom stereocenters. The van der Waals surface area contributed by atoms with Crippen molar-refractivity contribution in [1.82, 2.24) is 34.5 Å². The molecule has 0 aliphatic carbocycles. The minimum atomic E-state index is 0.765. The largest absolute Gasteiger partial charge is 0.335 e. The maximum atomic E-state index is 4.72. The summed E-state index contributed by atoms with van der Waals surface area (Å²) in [5.41, 5.74) is 6.64. The van der Waals surface area contributed by atoms with Gasteiger partial charge in [-0.25, -0.2) is 14.3 Å². The lowest BCUT2D eigenvalue weighted by Crippen LogP contribution is -1.93. The number of imidazole rings is 1. The van der Waals surface area contributed by atoms with E-state index < -0.39 is 0 Å². The SMILES string of the molecule is Cc1ccc(-n2cc(-c3nc4c([nH]3)c(-c3cccnc3)nn4C)cn2)cc1. The normalized spacial score (nSPS) is 11.3. The van der Waals surface area contributed by atoms with Crippen molar-refractivity contribution in [2.75, 3.05) is 0 Å². The average Bonchev–Trinajstić information content (AvgIpc) is 3.40. The zero-order chi connectivity index (χ0) is 18.4. The summed E-state index contributed by atoms with van der Waals surface area (Å²) in [5.74, 6) is 0.765. The summed E-state index contributed by atoms with van der Waals surface area (Å²) in [6.07, 6.45) is 7.34. The molecule has 1 aromatic carbocycles. The Balaban J connectivity index is 1.57. The fraction of sp³-hybridized carbons (Fsp3) is 0.100. The highest BCUT2D eigenvalue weighted by molar-refractivity contribution is 5.90. The van der Waals surface area contributed by atoms with E-state index in [0.717, 1.165) is 39.5 Å². The van der Waals surface area contributed by atoms with E-state index in [0.29, 0.717) is 0 Å². The first-order valence-corrected chi connectivity index (χ1v) is 8.64. The summed E-state index contributed by atoms with van der Waals surface area (Å²) in [6.45, 7) is 2.07. The molecule has 5 rings (SSSR count). The van der Waals surface area contributed by atoms with Gasteiger partial charge in [-0.15, -0.1) is 0 Å². The van der Waals surface area contributed by atoms with Crippen molar-refractivity contribution in [3.05, 3.63) is 66.7 Å². The minimum Gasteiger partial charge on any atom is -0.335 e. The van der Waals surface area contributed by atoms with Crippen LogP contribution in [0.4, 0.5) is 0 Å². The van der Waals surface area contributed by atoms with Crippen molar-refractivity contribution in [3.63, 3.8) is 0 Å². The Labute approximate surface area is 155 Å². The molecule has 27 heavy (non-hydrogen) atoms. The molecular formula is C20H17N7. The smallest absolute Gasteiger partial charge is 0.177 e. The number of aromatic nitrogens is 7. The lowest BCUT2D eigenvalue weighted by Gasteiger charge is -2.00. The second kappa shape index (κ2) is 5.91. The maximum absolute atomic E-state index is 4.72. The third-order valence-corrected chi connectivity index (χ3v) is 4.57. The molecule has 0 saturated carbocycles. The Kier molecular flexibility index (Phi) is 3.39. The van der Waals surface area contributed by atoms with Crippen LogP contribution in [-0.2, 0) is 7.05 Å². The Bertz CT molecular complexity index is 1230. The van der Waals surface area contributed by atoms with E-state index in [1.54, 1.807) is 17.1 Å². The van der Waals surface area contributed by atoms with Gasteiger partial charge in [-0.2, -0.15) is 10.2 Å². The second-order valence-electron chi connectivity index (χ2n) is 6.51. The molecule has 0 bridgehead atoms. The van der Waals surface area contributed by atoms with Crippen LogP contribution in [0, 0.1) is 6.92 Å². The van der Waals surface area contributed by atoms with Gasteiger partial charge in [0.2, 0.25) is 0 Å². The number of pyridine rings is 1. The molecular weight excluding hydrogens is 338 g/mol. The number of rotatable bonds is 3. The Morgan fingerprint density at radius 1 is 1.00 bits per heavy atom. The summed E-state index contributed by atoms with van der Waals surface area (Å²) < 4.78 is 3.63. The van der Waals surface area contributed by atoms with Gasteiger partial charge in [0.15, 0.2) is 5.65 Å². The highest BCUT2D eigenvalue weighted by atomic mass is 15.3. The third-order valence-electron chi connectivity index (χ3n) is 4.57. The van der Waals surface area contributed by atoms with Crippen LogP contribution in [0.5, 0.6) is 0 Å². The number of H-pyrrole nitrogens is 1. The highest BCUT2D eigenvalue weighted by Gasteiger charge is 2.17. The van der Waals surface area contributed by atoms with Gasteiger partial charge in [-0.05, 0) is 31.2 Å². The lowest BCUT2D eigenvalue weighted by atomic mass is 10.2. The number of nitrogens with one attached hydrogen (secondary N) is 1. The minimum absolute atomic E-state index is 0.765. The van der Waals surface area contributed by atoms with Crippen LogP contribution in [0.3, 0.4) is 0 Å². The standard InChI is InChI=1S/C20H17N7/c1-13-5-7-16(8-6-13)27-12-15(11-22-27)19-23-18-17(14-4-3-9-21-10-14)25-26(2)20(18)24-19/h3-12H,1-2H3,(H,23,24). The quantitative estimate of drug-likeness (QED) is 0.537. The Morgan fingerprint density at radius 2 is 1.85 bits per heavy atom. The molecule has 0 unspecified atom stereocenters. The first kappa shape index (κ1) is 15.5. The summed E-state index contributed by atoms with van der Waals surface area (Å²) in [5, 5.41) is 9.05. The summed E-state index contributed by atoms with van der Waals surface area (Å²) in [4.78, 5) is 12.3. The van der Waals surface area contributed by atoms with Crippen LogP contribution in [0.25, 0.3) is 39.5 Å². The van der Waals surface area contributed by atoms with Crippen molar-refractivity contribution in [1.29, 1.82) is 0 Å². The van der Waals surface area contributed by atoms with E-state index >= 15 is 0 Å². The summed E-state index contributed by atoms with van der Waals surface area (Å²) in [6, 6.07) is 12.1. The second-order valence-corrected chi connectivity index (χ2v) is 6.51. The molecule has 7 nitrogen and oxygen atoms in total. The highest BCUT2D eigenvalue weighted by Crippen LogP contribution is 2.28. The molecule has 0 saturated heterocycles. The van der Waals surface area contributed by atoms with Crippen molar-refractivity contribution >= 4 is 11.2 Å². The van der Waals surface area contributed by atoms with Gasteiger partial charge < -0.3 is 4.98 Å². The molecule has 0 amide bonds. The third kappa shape index (κ3) is 2.60. The van der Waals surface area contributed by atoms with Crippen molar-refractivity contribution < 1.29 is 0 Å². The number of hydrogen-bond donors (Lipinski definition) is 1. The first-order valence-electron chi connectivity index (χ1n) is 8.64. The molecule has 0 spiro atoms. The average molecular weight is 355 g/mol. The van der Waals surface area contributed by atoms with Gasteiger partial charge in [0, 0.05) is 31.2 Å². The van der Waals surface area contributed by atoms with Crippen molar-refractivity contribution in [2.24, 2.45) is 7.05 Å². The van der Waals surface area contributed by atoms with Gasteiger partial charge in [-0.1, -0.05) is 17.7 Å². The van der Waals surface area contributed by atoms with E-state index in [1.165, 1.54) is 5.56 Å². The van der Waals surface area contributed by atoms with Crippen molar-refractivity contribution in [2.45, 2.75) is 6.92 Å². The zero-order valence-electron chi connectivity index (χ0n) is 15.0. The summed E-state index contributed by atoms with van der Waals surface area (Å²) >= 11 is 0. The molecule has 4 aromatic heterocycles. The number of aryl methyl sites for hydroxylation is 2. The van der Waals surface area contributed by atoms with Gasteiger partial charge in [0.1, 0.15) is 17.0 Å². The summed E-state index contributed by atoms with van der Waals surface area (Å²) in [7, 11) is 1.89. The molecule has 132 valence electrons. The molecule has 7 heteroatoms. The first-order chi connectivity index (χ1) is 13.2. The molecule has 0 aliphatic rings. The van der Waals surface area contributed by atoms with Crippen molar-refractivity contribution in [3.8, 4) is 28.3 Å². The number of fused-ring (bicyclic) bond motifs is 1. The Morgan fingerprint density at radius 3 is 2.63 bits per heavy atom. The van der Waals surface area contributed by atoms with E-state index in [2.05, 4.69) is 51.4 Å². The number of benzene rings is 1. The topological polar surface area (TPSA) is 77.2 Å². The molecule has 5 aromatic rings. The molecule has 0 fully saturated rings. The molecule has 4 heterocycles. The molecule has 0 aliphatic heterocycles. The van der Waals surface area contributed by atoms with Crippen LogP contribution in [0.15, 0.2) is 61.2 Å². The van der Waals surface area contributed by atoms with E-state index in [1.807, 2.05) is 36.3 Å². The molecule has 0 radical (unpaired) electrons. The van der Waals surface area contributed by atoms with Crippen LogP contribution >= 0.6 is 0 Å². The Hall–Kier alpha value is -3.74. The van der Waals surface area contributed by atoms with E-state index in [4.69, 9.17) is 4.98 Å². The van der Waals surface area contributed by atoms with Gasteiger partial charge in [0.25, 0.3) is 0 Å². The van der Waals surface area contributed by atoms with Crippen LogP contribution in [0.2, 0.25) is 0 Å². The molecule has 1 N–H and O–H groups in total. The maximum Gasteiger partial charge on any atom is 0.177 e. The van der Waals surface area contributed by atoms with Crippen LogP contribution in [-0.4, -0.2) is 34.5 Å². The lowest BCUT2D eigenvalue weighted by molar-refractivity contribution is 0.790. The fourth-order valence-corrected chi connectivity index (χ4v) is 3.14. The zero-order valence-corrected chi connectivity index (χ0v) is 15.0. The fourth-order valence-electron chi connectivity index (χ4n) is 3.14. The van der Waals surface area contributed by atoms with Gasteiger partial charge >= 0.3 is 0 Å². The van der Waals surface area contributed by atoms with Crippen LogP contribution in [0.1, 0.15) is 5.56 Å².